The number of methoxy groups -OCH3 is 1. The second-order valence-electron chi connectivity index (χ2n) is 8.20. The van der Waals surface area contributed by atoms with Crippen LogP contribution in [0.5, 0.6) is 11.5 Å². The summed E-state index contributed by atoms with van der Waals surface area (Å²) in [6.07, 6.45) is 1.91. The molecular weight excluding hydrogens is 374 g/mol. The van der Waals surface area contributed by atoms with E-state index in [1.807, 2.05) is 28.6 Å². The molecule has 1 fully saturated rings. The van der Waals surface area contributed by atoms with Gasteiger partial charge in [0.2, 0.25) is 0 Å². The summed E-state index contributed by atoms with van der Waals surface area (Å²) in [4.78, 5) is 12.8. The van der Waals surface area contributed by atoms with Gasteiger partial charge in [0.25, 0.3) is 0 Å². The Labute approximate surface area is 169 Å². The van der Waals surface area contributed by atoms with Crippen molar-refractivity contribution in [2.24, 2.45) is 5.41 Å². The van der Waals surface area contributed by atoms with Crippen LogP contribution in [0.15, 0.2) is 47.4 Å². The van der Waals surface area contributed by atoms with Crippen LogP contribution in [0.3, 0.4) is 0 Å². The van der Waals surface area contributed by atoms with Gasteiger partial charge in [-0.3, -0.25) is 0 Å². The zero-order valence-electron chi connectivity index (χ0n) is 16.9. The number of carbonyl (C=O) groups excluding carboxylic acids is 1. The van der Waals surface area contributed by atoms with Crippen molar-refractivity contribution in [2.75, 3.05) is 20.2 Å². The predicted molar refractivity (Wildman–Crippen MR) is 110 cm³/mol. The van der Waals surface area contributed by atoms with Crippen LogP contribution in [0.2, 0.25) is 0 Å². The number of benzene rings is 2. The molecule has 1 aliphatic rings. The fourth-order valence-corrected chi connectivity index (χ4v) is 4.29. The van der Waals surface area contributed by atoms with Crippen molar-refractivity contribution in [3.8, 4) is 11.5 Å². The molecule has 1 unspecified atom stereocenters. The Hall–Kier alpha value is -2.18. The van der Waals surface area contributed by atoms with E-state index in [1.54, 1.807) is 18.2 Å². The standard InChI is InChI=1S/C22H27NO4S/c1-22(2,3)15-16-12-17(21(24)26-4)14-19(13-16)27-18-6-8-20(9-7-18)28(25)23-10-5-11-23/h6-9,12-14H,5,10-11,15H2,1-4H3. The maximum Gasteiger partial charge on any atom is 0.337 e. The molecular formula is C22H27NO4S. The summed E-state index contributed by atoms with van der Waals surface area (Å²) in [5.41, 5.74) is 1.56. The topological polar surface area (TPSA) is 55.8 Å². The third-order valence-corrected chi connectivity index (χ3v) is 5.94. The Morgan fingerprint density at radius 2 is 1.75 bits per heavy atom. The molecule has 0 amide bonds. The molecule has 0 spiro atoms. The molecule has 28 heavy (non-hydrogen) atoms. The lowest BCUT2D eigenvalue weighted by Gasteiger charge is -2.28. The Morgan fingerprint density at radius 3 is 2.29 bits per heavy atom. The smallest absolute Gasteiger partial charge is 0.337 e. The molecule has 1 aliphatic heterocycles. The fourth-order valence-electron chi connectivity index (χ4n) is 3.03. The van der Waals surface area contributed by atoms with E-state index in [2.05, 4.69) is 20.8 Å². The van der Waals surface area contributed by atoms with E-state index in [-0.39, 0.29) is 11.4 Å². The van der Waals surface area contributed by atoms with Crippen molar-refractivity contribution in [1.29, 1.82) is 0 Å². The SMILES string of the molecule is COC(=O)c1cc(CC(C)(C)C)cc(Oc2ccc(S(=O)N3CCC3)cc2)c1. The zero-order valence-corrected chi connectivity index (χ0v) is 17.7. The van der Waals surface area contributed by atoms with Gasteiger partial charge in [0.1, 0.15) is 22.5 Å². The lowest BCUT2D eigenvalue weighted by molar-refractivity contribution is 0.0600. The number of rotatable bonds is 6. The van der Waals surface area contributed by atoms with Crippen molar-refractivity contribution >= 4 is 17.0 Å². The second-order valence-corrected chi connectivity index (χ2v) is 9.69. The number of ether oxygens (including phenoxy) is 2. The summed E-state index contributed by atoms with van der Waals surface area (Å²) in [7, 11) is 0.266. The first-order chi connectivity index (χ1) is 13.2. The molecule has 2 aromatic carbocycles. The zero-order chi connectivity index (χ0) is 20.3. The summed E-state index contributed by atoms with van der Waals surface area (Å²) < 4.78 is 25.2. The summed E-state index contributed by atoms with van der Waals surface area (Å²) in [6, 6.07) is 12.7. The van der Waals surface area contributed by atoms with Crippen LogP contribution in [0, 0.1) is 5.41 Å². The number of esters is 1. The van der Waals surface area contributed by atoms with Gasteiger partial charge < -0.3 is 9.47 Å². The number of nitrogens with zero attached hydrogens (tertiary/aromatic N) is 1. The minimum atomic E-state index is -1.11. The van der Waals surface area contributed by atoms with E-state index in [0.717, 1.165) is 36.4 Å². The van der Waals surface area contributed by atoms with Gasteiger partial charge in [-0.15, -0.1) is 0 Å². The van der Waals surface area contributed by atoms with Gasteiger partial charge in [0.05, 0.1) is 17.6 Å². The molecule has 1 atom stereocenters. The molecule has 0 saturated carbocycles. The Kier molecular flexibility index (Phi) is 6.20. The number of hydrogen-bond donors (Lipinski definition) is 0. The van der Waals surface area contributed by atoms with Gasteiger partial charge in [0, 0.05) is 13.1 Å². The van der Waals surface area contributed by atoms with Crippen LogP contribution in [-0.4, -0.2) is 34.7 Å². The van der Waals surface area contributed by atoms with Gasteiger partial charge in [-0.2, -0.15) is 0 Å². The van der Waals surface area contributed by atoms with Crippen LogP contribution in [-0.2, 0) is 22.1 Å². The lowest BCUT2D eigenvalue weighted by atomic mass is 9.87. The third kappa shape index (κ3) is 5.20. The van der Waals surface area contributed by atoms with Crippen LogP contribution < -0.4 is 4.74 Å². The van der Waals surface area contributed by atoms with E-state index >= 15 is 0 Å². The average Bonchev–Trinajstić information content (AvgIpc) is 2.58. The minimum Gasteiger partial charge on any atom is -0.465 e. The molecule has 0 N–H and O–H groups in total. The molecule has 0 bridgehead atoms. The minimum absolute atomic E-state index is 0.0780. The van der Waals surface area contributed by atoms with Gasteiger partial charge in [-0.05, 0) is 66.3 Å². The maximum absolute atomic E-state index is 12.4. The van der Waals surface area contributed by atoms with Crippen LogP contribution in [0.25, 0.3) is 0 Å². The monoisotopic (exact) mass is 401 g/mol. The molecule has 1 saturated heterocycles. The quantitative estimate of drug-likeness (QED) is 0.665. The average molecular weight is 402 g/mol. The van der Waals surface area contributed by atoms with Crippen LogP contribution in [0.1, 0.15) is 43.1 Å². The highest BCUT2D eigenvalue weighted by Gasteiger charge is 2.21. The molecule has 0 aliphatic carbocycles. The molecule has 5 nitrogen and oxygen atoms in total. The Bertz CT molecular complexity index is 867. The van der Waals surface area contributed by atoms with Crippen LogP contribution in [0.4, 0.5) is 0 Å². The fraction of sp³-hybridized carbons (Fsp3) is 0.409. The molecule has 0 aromatic heterocycles. The van der Waals surface area contributed by atoms with Gasteiger partial charge >= 0.3 is 5.97 Å². The summed E-state index contributed by atoms with van der Waals surface area (Å²) in [6.45, 7) is 8.20. The van der Waals surface area contributed by atoms with Crippen molar-refractivity contribution < 1.29 is 18.5 Å². The highest BCUT2D eigenvalue weighted by Crippen LogP contribution is 2.29. The first kappa shape index (κ1) is 20.6. The van der Waals surface area contributed by atoms with Gasteiger partial charge in [-0.25, -0.2) is 13.3 Å². The summed E-state index contributed by atoms with van der Waals surface area (Å²) in [5, 5.41) is 0. The second kappa shape index (κ2) is 8.45. The number of carbonyl (C=O) groups is 1. The molecule has 2 aromatic rings. The van der Waals surface area contributed by atoms with E-state index < -0.39 is 11.0 Å². The van der Waals surface area contributed by atoms with E-state index in [1.165, 1.54) is 7.11 Å². The van der Waals surface area contributed by atoms with Gasteiger partial charge in [0.15, 0.2) is 0 Å². The normalized spacial score (nSPS) is 15.6. The van der Waals surface area contributed by atoms with E-state index in [4.69, 9.17) is 9.47 Å². The molecule has 3 rings (SSSR count). The van der Waals surface area contributed by atoms with Crippen molar-refractivity contribution in [2.45, 2.75) is 38.5 Å². The van der Waals surface area contributed by atoms with Crippen molar-refractivity contribution in [3.05, 3.63) is 53.6 Å². The summed E-state index contributed by atoms with van der Waals surface area (Å²) >= 11 is 0. The van der Waals surface area contributed by atoms with E-state index in [9.17, 15) is 9.00 Å². The Morgan fingerprint density at radius 1 is 1.07 bits per heavy atom. The maximum atomic E-state index is 12.4. The largest absolute Gasteiger partial charge is 0.465 e. The summed E-state index contributed by atoms with van der Waals surface area (Å²) in [5.74, 6) is 0.827. The van der Waals surface area contributed by atoms with Crippen molar-refractivity contribution in [1.82, 2.24) is 4.31 Å². The molecule has 150 valence electrons. The molecule has 0 radical (unpaired) electrons. The Balaban J connectivity index is 1.81. The van der Waals surface area contributed by atoms with Gasteiger partial charge in [-0.1, -0.05) is 20.8 Å². The molecule has 1 heterocycles. The molecule has 6 heteroatoms. The lowest BCUT2D eigenvalue weighted by Crippen LogP contribution is -2.38. The highest BCUT2D eigenvalue weighted by molar-refractivity contribution is 7.82. The predicted octanol–water partition coefficient (Wildman–Crippen LogP) is 4.58. The van der Waals surface area contributed by atoms with Crippen LogP contribution >= 0.6 is 0 Å². The van der Waals surface area contributed by atoms with Crippen molar-refractivity contribution in [3.63, 3.8) is 0 Å². The third-order valence-electron chi connectivity index (χ3n) is 4.43. The highest BCUT2D eigenvalue weighted by atomic mass is 32.2. The van der Waals surface area contributed by atoms with E-state index in [0.29, 0.717) is 17.1 Å². The first-order valence-electron chi connectivity index (χ1n) is 9.42. The number of hydrogen-bond acceptors (Lipinski definition) is 4. The first-order valence-corrected chi connectivity index (χ1v) is 10.5.